The van der Waals surface area contributed by atoms with Gasteiger partial charge >= 0.3 is 0 Å². The van der Waals surface area contributed by atoms with Crippen molar-refractivity contribution in [1.82, 2.24) is 9.88 Å². The molecule has 0 saturated carbocycles. The van der Waals surface area contributed by atoms with Crippen LogP contribution in [0.5, 0.6) is 0 Å². The minimum Gasteiger partial charge on any atom is -0.351 e. The molecule has 0 aliphatic heterocycles. The van der Waals surface area contributed by atoms with E-state index in [-0.39, 0.29) is 11.8 Å². The molecule has 0 bridgehead atoms. The van der Waals surface area contributed by atoms with Gasteiger partial charge in [-0.1, -0.05) is 23.2 Å². The summed E-state index contributed by atoms with van der Waals surface area (Å²) in [6.45, 7) is 5.04. The number of nitrogens with zero attached hydrogens (tertiary/aromatic N) is 1. The summed E-state index contributed by atoms with van der Waals surface area (Å²) in [5.74, 6) is -0.434. The van der Waals surface area contributed by atoms with Crippen LogP contribution in [0.4, 0.5) is 5.69 Å². The van der Waals surface area contributed by atoms with E-state index in [0.717, 1.165) is 10.9 Å². The number of benzene rings is 2. The maximum atomic E-state index is 12.5. The van der Waals surface area contributed by atoms with Gasteiger partial charge in [-0.3, -0.25) is 9.59 Å². The first kappa shape index (κ1) is 19.3. The lowest BCUT2D eigenvalue weighted by Crippen LogP contribution is -2.30. The van der Waals surface area contributed by atoms with Gasteiger partial charge in [0.1, 0.15) is 5.69 Å². The normalized spacial score (nSPS) is 10.8. The fourth-order valence-electron chi connectivity index (χ4n) is 2.87. The highest BCUT2D eigenvalue weighted by Gasteiger charge is 2.17. The molecule has 0 aliphatic rings. The number of anilines is 1. The minimum absolute atomic E-state index is 0.129. The molecule has 140 valence electrons. The fraction of sp³-hybridized carbons (Fsp3) is 0.200. The molecular weight excluding hydrogens is 385 g/mol. The van der Waals surface area contributed by atoms with Crippen LogP contribution in [0.25, 0.3) is 10.9 Å². The smallest absolute Gasteiger partial charge is 0.272 e. The number of halogens is 2. The number of H-pyrrole nitrogens is 1. The molecule has 0 unspecified atom stereocenters. The Labute approximate surface area is 167 Å². The number of rotatable bonds is 5. The van der Waals surface area contributed by atoms with E-state index in [4.69, 9.17) is 23.2 Å². The maximum absolute atomic E-state index is 12.5. The first-order valence-corrected chi connectivity index (χ1v) is 9.37. The summed E-state index contributed by atoms with van der Waals surface area (Å²) in [5, 5.41) is 4.54. The van der Waals surface area contributed by atoms with Crippen LogP contribution in [-0.4, -0.2) is 34.8 Å². The number of carbonyl (C=O) groups excluding carboxylic acids is 2. The molecule has 27 heavy (non-hydrogen) atoms. The molecular formula is C20H19Cl2N3O2. The van der Waals surface area contributed by atoms with Gasteiger partial charge in [0.05, 0.1) is 10.6 Å². The van der Waals surface area contributed by atoms with Gasteiger partial charge in [-0.2, -0.15) is 0 Å². The average Bonchev–Trinajstić information content (AvgIpc) is 3.06. The topological polar surface area (TPSA) is 65.2 Å². The first-order valence-electron chi connectivity index (χ1n) is 8.61. The van der Waals surface area contributed by atoms with Crippen LogP contribution in [0.2, 0.25) is 10.0 Å². The third-order valence-corrected chi connectivity index (χ3v) is 4.88. The largest absolute Gasteiger partial charge is 0.351 e. The van der Waals surface area contributed by atoms with E-state index in [9.17, 15) is 9.59 Å². The van der Waals surface area contributed by atoms with Crippen LogP contribution < -0.4 is 5.32 Å². The van der Waals surface area contributed by atoms with Crippen molar-refractivity contribution in [3.63, 3.8) is 0 Å². The number of aromatic amines is 1. The van der Waals surface area contributed by atoms with E-state index in [0.29, 0.717) is 40.1 Å². The highest BCUT2D eigenvalue weighted by molar-refractivity contribution is 6.34. The zero-order valence-electron chi connectivity index (χ0n) is 15.0. The van der Waals surface area contributed by atoms with E-state index < -0.39 is 0 Å². The molecule has 3 rings (SSSR count). The van der Waals surface area contributed by atoms with Gasteiger partial charge in [-0.05, 0) is 56.3 Å². The molecule has 0 radical (unpaired) electrons. The number of fused-ring (bicyclic) bond motifs is 1. The highest BCUT2D eigenvalue weighted by Crippen LogP contribution is 2.24. The van der Waals surface area contributed by atoms with Crippen LogP contribution in [0, 0.1) is 0 Å². The lowest BCUT2D eigenvalue weighted by molar-refractivity contribution is 0.0773. The van der Waals surface area contributed by atoms with Crippen molar-refractivity contribution in [2.75, 3.05) is 18.4 Å². The number of amides is 2. The molecule has 2 amide bonds. The van der Waals surface area contributed by atoms with Gasteiger partial charge in [-0.25, -0.2) is 0 Å². The predicted molar refractivity (Wildman–Crippen MR) is 110 cm³/mol. The fourth-order valence-corrected chi connectivity index (χ4v) is 3.31. The van der Waals surface area contributed by atoms with Crippen molar-refractivity contribution in [3.8, 4) is 0 Å². The summed E-state index contributed by atoms with van der Waals surface area (Å²) < 4.78 is 0. The zero-order chi connectivity index (χ0) is 19.6. The van der Waals surface area contributed by atoms with E-state index in [2.05, 4.69) is 10.3 Å². The monoisotopic (exact) mass is 403 g/mol. The molecule has 0 aliphatic carbocycles. The Morgan fingerprint density at radius 3 is 2.44 bits per heavy atom. The zero-order valence-corrected chi connectivity index (χ0v) is 16.5. The molecule has 3 aromatic rings. The Kier molecular flexibility index (Phi) is 5.73. The van der Waals surface area contributed by atoms with Crippen molar-refractivity contribution in [3.05, 3.63) is 63.8 Å². The second-order valence-electron chi connectivity index (χ2n) is 6.04. The standard InChI is InChI=1S/C20H19Cl2N3O2/c1-3-25(4-2)20(27)15-7-6-14(11-16(15)22)23-19(26)18-10-12-9-13(21)5-8-17(12)24-18/h5-11,24H,3-4H2,1-2H3,(H,23,26). The Morgan fingerprint density at radius 1 is 1.04 bits per heavy atom. The van der Waals surface area contributed by atoms with E-state index in [1.807, 2.05) is 19.9 Å². The second-order valence-corrected chi connectivity index (χ2v) is 6.88. The second kappa shape index (κ2) is 8.03. The Hall–Kier alpha value is -2.50. The van der Waals surface area contributed by atoms with Crippen LogP contribution in [0.1, 0.15) is 34.7 Å². The Balaban J connectivity index is 1.79. The average molecular weight is 404 g/mol. The number of aromatic nitrogens is 1. The molecule has 0 fully saturated rings. The van der Waals surface area contributed by atoms with Gasteiger partial charge in [0.15, 0.2) is 0 Å². The predicted octanol–water partition coefficient (Wildman–Crippen LogP) is 5.21. The van der Waals surface area contributed by atoms with Crippen molar-refractivity contribution in [2.24, 2.45) is 0 Å². The minimum atomic E-state index is -0.304. The third-order valence-electron chi connectivity index (χ3n) is 4.34. The summed E-state index contributed by atoms with van der Waals surface area (Å²) in [7, 11) is 0. The number of nitrogens with one attached hydrogen (secondary N) is 2. The molecule has 2 aromatic carbocycles. The molecule has 1 aromatic heterocycles. The molecule has 0 atom stereocenters. The highest BCUT2D eigenvalue weighted by atomic mass is 35.5. The Morgan fingerprint density at radius 2 is 1.78 bits per heavy atom. The molecule has 7 heteroatoms. The van der Waals surface area contributed by atoms with Crippen LogP contribution >= 0.6 is 23.2 Å². The quantitative estimate of drug-likeness (QED) is 0.613. The Bertz CT molecular complexity index is 1010. The van der Waals surface area contributed by atoms with E-state index in [1.54, 1.807) is 41.3 Å². The summed E-state index contributed by atoms with van der Waals surface area (Å²) in [5.41, 5.74) is 2.16. The van der Waals surface area contributed by atoms with Gasteiger partial charge < -0.3 is 15.2 Å². The summed E-state index contributed by atoms with van der Waals surface area (Å²) in [4.78, 5) is 29.7. The summed E-state index contributed by atoms with van der Waals surface area (Å²) in [6, 6.07) is 12.0. The first-order chi connectivity index (χ1) is 12.9. The van der Waals surface area contributed by atoms with Gasteiger partial charge in [-0.15, -0.1) is 0 Å². The lowest BCUT2D eigenvalue weighted by atomic mass is 10.1. The molecule has 5 nitrogen and oxygen atoms in total. The van der Waals surface area contributed by atoms with E-state index in [1.165, 1.54) is 0 Å². The number of carbonyl (C=O) groups is 2. The SMILES string of the molecule is CCN(CC)C(=O)c1ccc(NC(=O)c2cc3cc(Cl)ccc3[nH]2)cc1Cl. The van der Waals surface area contributed by atoms with Gasteiger partial charge in [0, 0.05) is 34.7 Å². The van der Waals surface area contributed by atoms with Crippen molar-refractivity contribution in [2.45, 2.75) is 13.8 Å². The van der Waals surface area contributed by atoms with Crippen molar-refractivity contribution >= 4 is 51.6 Å². The summed E-state index contributed by atoms with van der Waals surface area (Å²) in [6.07, 6.45) is 0. The molecule has 2 N–H and O–H groups in total. The van der Waals surface area contributed by atoms with E-state index >= 15 is 0 Å². The van der Waals surface area contributed by atoms with Crippen molar-refractivity contribution < 1.29 is 9.59 Å². The lowest BCUT2D eigenvalue weighted by Gasteiger charge is -2.19. The molecule has 0 saturated heterocycles. The molecule has 0 spiro atoms. The van der Waals surface area contributed by atoms with Crippen LogP contribution in [-0.2, 0) is 0 Å². The summed E-state index contributed by atoms with van der Waals surface area (Å²) >= 11 is 12.3. The van der Waals surface area contributed by atoms with Crippen LogP contribution in [0.3, 0.4) is 0 Å². The van der Waals surface area contributed by atoms with Crippen LogP contribution in [0.15, 0.2) is 42.5 Å². The maximum Gasteiger partial charge on any atom is 0.272 e. The van der Waals surface area contributed by atoms with Gasteiger partial charge in [0.25, 0.3) is 11.8 Å². The number of hydrogen-bond donors (Lipinski definition) is 2. The van der Waals surface area contributed by atoms with Gasteiger partial charge in [0.2, 0.25) is 0 Å². The number of hydrogen-bond acceptors (Lipinski definition) is 2. The third kappa shape index (κ3) is 4.10. The molecule has 1 heterocycles. The van der Waals surface area contributed by atoms with Crippen molar-refractivity contribution in [1.29, 1.82) is 0 Å².